The second kappa shape index (κ2) is 6.21. The van der Waals surface area contributed by atoms with E-state index in [0.29, 0.717) is 5.69 Å². The average molecular weight is 359 g/mol. The van der Waals surface area contributed by atoms with Crippen LogP contribution in [0.1, 0.15) is 30.1 Å². The van der Waals surface area contributed by atoms with Crippen LogP contribution in [-0.4, -0.2) is 24.7 Å². The second-order valence-corrected chi connectivity index (χ2v) is 7.43. The fraction of sp³-hybridized carbons (Fsp3) is 0.400. The largest absolute Gasteiger partial charge is 0.435 e. The molecule has 130 valence electrons. The minimum absolute atomic E-state index is 0.0318. The van der Waals surface area contributed by atoms with Crippen molar-refractivity contribution in [2.45, 2.75) is 36.4 Å². The van der Waals surface area contributed by atoms with Gasteiger partial charge in [-0.3, -0.25) is 4.68 Å². The summed E-state index contributed by atoms with van der Waals surface area (Å²) >= 11 is 0. The molecule has 0 aliphatic heterocycles. The van der Waals surface area contributed by atoms with Gasteiger partial charge in [0, 0.05) is 18.2 Å². The zero-order chi connectivity index (χ0) is 17.4. The highest BCUT2D eigenvalue weighted by atomic mass is 32.2. The third kappa shape index (κ3) is 3.78. The maximum Gasteiger partial charge on any atom is 0.435 e. The van der Waals surface area contributed by atoms with Crippen molar-refractivity contribution in [1.82, 2.24) is 14.5 Å². The van der Waals surface area contributed by atoms with Gasteiger partial charge in [-0.1, -0.05) is 18.2 Å². The van der Waals surface area contributed by atoms with Gasteiger partial charge in [-0.15, -0.1) is 0 Å². The number of rotatable bonds is 6. The van der Waals surface area contributed by atoms with Crippen LogP contribution in [0, 0.1) is 0 Å². The summed E-state index contributed by atoms with van der Waals surface area (Å²) in [4.78, 5) is 0.115. The molecule has 24 heavy (non-hydrogen) atoms. The Labute approximate surface area is 137 Å². The van der Waals surface area contributed by atoms with Crippen LogP contribution in [0.4, 0.5) is 13.2 Å². The number of hydrogen-bond acceptors (Lipinski definition) is 3. The van der Waals surface area contributed by atoms with E-state index in [1.807, 2.05) is 0 Å². The molecule has 9 heteroatoms. The van der Waals surface area contributed by atoms with Crippen molar-refractivity contribution in [3.63, 3.8) is 0 Å². The predicted octanol–water partition coefficient (Wildman–Crippen LogP) is 2.76. The molecule has 1 fully saturated rings. The Kier molecular flexibility index (Phi) is 4.39. The van der Waals surface area contributed by atoms with E-state index in [2.05, 4.69) is 9.82 Å². The standard InChI is InChI=1S/C15H16F3N3O2S/c16-15(17,18)14-10-13(11-6-7-11)21(20-14)9-8-19-24(22,23)12-4-2-1-3-5-12/h1-5,10-11,19H,6-9H2. The van der Waals surface area contributed by atoms with Gasteiger partial charge in [-0.05, 0) is 31.0 Å². The summed E-state index contributed by atoms with van der Waals surface area (Å²) in [5.74, 6) is 0.0827. The highest BCUT2D eigenvalue weighted by Crippen LogP contribution is 2.42. The van der Waals surface area contributed by atoms with E-state index in [1.165, 1.54) is 16.8 Å². The van der Waals surface area contributed by atoms with E-state index in [1.54, 1.807) is 18.2 Å². The van der Waals surface area contributed by atoms with Crippen molar-refractivity contribution in [2.24, 2.45) is 0 Å². The van der Waals surface area contributed by atoms with Crippen LogP contribution < -0.4 is 4.72 Å². The molecule has 0 bridgehead atoms. The lowest BCUT2D eigenvalue weighted by Gasteiger charge is -2.09. The number of aromatic nitrogens is 2. The molecule has 1 aromatic heterocycles. The lowest BCUT2D eigenvalue weighted by atomic mass is 10.2. The number of nitrogens with zero attached hydrogens (tertiary/aromatic N) is 2. The van der Waals surface area contributed by atoms with Gasteiger partial charge in [-0.2, -0.15) is 18.3 Å². The maximum absolute atomic E-state index is 12.8. The van der Waals surface area contributed by atoms with Crippen LogP contribution in [-0.2, 0) is 22.7 Å². The first kappa shape index (κ1) is 17.0. The monoisotopic (exact) mass is 359 g/mol. The third-order valence-electron chi connectivity index (χ3n) is 3.77. The Bertz CT molecular complexity index is 812. The lowest BCUT2D eigenvalue weighted by molar-refractivity contribution is -0.141. The summed E-state index contributed by atoms with van der Waals surface area (Å²) < 4.78 is 66.3. The molecule has 1 aromatic carbocycles. The number of alkyl halides is 3. The molecule has 1 aliphatic carbocycles. The second-order valence-electron chi connectivity index (χ2n) is 5.66. The van der Waals surface area contributed by atoms with Crippen LogP contribution in [0.2, 0.25) is 0 Å². The number of sulfonamides is 1. The highest BCUT2D eigenvalue weighted by molar-refractivity contribution is 7.89. The number of hydrogen-bond donors (Lipinski definition) is 1. The number of halogens is 3. The molecule has 3 rings (SSSR count). The Balaban J connectivity index is 1.70. The molecular weight excluding hydrogens is 343 g/mol. The number of nitrogens with one attached hydrogen (secondary N) is 1. The van der Waals surface area contributed by atoms with Crippen molar-refractivity contribution < 1.29 is 21.6 Å². The van der Waals surface area contributed by atoms with E-state index in [0.717, 1.165) is 18.9 Å². The molecular formula is C15H16F3N3O2S. The van der Waals surface area contributed by atoms with Gasteiger partial charge in [0.1, 0.15) is 0 Å². The first-order valence-corrected chi connectivity index (χ1v) is 8.95. The van der Waals surface area contributed by atoms with Crippen LogP contribution in [0.25, 0.3) is 0 Å². The minimum Gasteiger partial charge on any atom is -0.267 e. The lowest BCUT2D eigenvalue weighted by Crippen LogP contribution is -2.28. The Morgan fingerprint density at radius 1 is 1.21 bits per heavy atom. The third-order valence-corrected chi connectivity index (χ3v) is 5.24. The van der Waals surface area contributed by atoms with Gasteiger partial charge in [0.15, 0.2) is 5.69 Å². The summed E-state index contributed by atoms with van der Waals surface area (Å²) in [7, 11) is -3.68. The van der Waals surface area contributed by atoms with Crippen molar-refractivity contribution in [3.8, 4) is 0 Å². The molecule has 0 amide bonds. The Morgan fingerprint density at radius 2 is 1.88 bits per heavy atom. The maximum atomic E-state index is 12.8. The Morgan fingerprint density at radius 3 is 2.46 bits per heavy atom. The SMILES string of the molecule is O=S(=O)(NCCn1nc(C(F)(F)F)cc1C1CC1)c1ccccc1. The fourth-order valence-electron chi connectivity index (χ4n) is 2.43. The van der Waals surface area contributed by atoms with Crippen LogP contribution >= 0.6 is 0 Å². The molecule has 0 atom stereocenters. The molecule has 1 saturated carbocycles. The van der Waals surface area contributed by atoms with Gasteiger partial charge < -0.3 is 0 Å². The molecule has 0 unspecified atom stereocenters. The van der Waals surface area contributed by atoms with Crippen molar-refractivity contribution in [2.75, 3.05) is 6.54 Å². The van der Waals surface area contributed by atoms with Gasteiger partial charge in [0.25, 0.3) is 0 Å². The van der Waals surface area contributed by atoms with Gasteiger partial charge in [-0.25, -0.2) is 13.1 Å². The molecule has 1 heterocycles. The Hall–Kier alpha value is -1.87. The molecule has 0 saturated heterocycles. The van der Waals surface area contributed by atoms with E-state index < -0.39 is 21.9 Å². The quantitative estimate of drug-likeness (QED) is 0.863. The zero-order valence-corrected chi connectivity index (χ0v) is 13.4. The van der Waals surface area contributed by atoms with Gasteiger partial charge in [0.2, 0.25) is 10.0 Å². The molecule has 0 radical (unpaired) electrons. The van der Waals surface area contributed by atoms with E-state index in [-0.39, 0.29) is 23.9 Å². The van der Waals surface area contributed by atoms with E-state index >= 15 is 0 Å². The molecule has 0 spiro atoms. The fourth-order valence-corrected chi connectivity index (χ4v) is 3.47. The molecule has 2 aromatic rings. The normalized spacial score (nSPS) is 15.6. The highest BCUT2D eigenvalue weighted by Gasteiger charge is 2.37. The van der Waals surface area contributed by atoms with Gasteiger partial charge >= 0.3 is 6.18 Å². The first-order valence-electron chi connectivity index (χ1n) is 7.47. The molecule has 1 aliphatic rings. The minimum atomic E-state index is -4.50. The smallest absolute Gasteiger partial charge is 0.267 e. The molecule has 1 N–H and O–H groups in total. The summed E-state index contributed by atoms with van der Waals surface area (Å²) in [6.07, 6.45) is -2.84. The average Bonchev–Trinajstić information content (AvgIpc) is 3.27. The first-order chi connectivity index (χ1) is 11.3. The topological polar surface area (TPSA) is 64.0 Å². The molecule has 5 nitrogen and oxygen atoms in total. The van der Waals surface area contributed by atoms with Crippen molar-refractivity contribution in [3.05, 3.63) is 47.8 Å². The number of benzene rings is 1. The van der Waals surface area contributed by atoms with E-state index in [9.17, 15) is 21.6 Å². The van der Waals surface area contributed by atoms with Crippen molar-refractivity contribution >= 4 is 10.0 Å². The van der Waals surface area contributed by atoms with Crippen LogP contribution in [0.3, 0.4) is 0 Å². The predicted molar refractivity (Wildman–Crippen MR) is 80.8 cm³/mol. The summed E-state index contributed by atoms with van der Waals surface area (Å²) in [6, 6.07) is 8.86. The van der Waals surface area contributed by atoms with Crippen LogP contribution in [0.15, 0.2) is 41.3 Å². The van der Waals surface area contributed by atoms with Crippen molar-refractivity contribution in [1.29, 1.82) is 0 Å². The van der Waals surface area contributed by atoms with Gasteiger partial charge in [0.05, 0.1) is 11.4 Å². The summed E-state index contributed by atoms with van der Waals surface area (Å²) in [6.45, 7) is 0.0178. The summed E-state index contributed by atoms with van der Waals surface area (Å²) in [5.41, 5.74) is -0.420. The van der Waals surface area contributed by atoms with E-state index in [4.69, 9.17) is 0 Å². The zero-order valence-electron chi connectivity index (χ0n) is 12.6. The summed E-state index contributed by atoms with van der Waals surface area (Å²) in [5, 5.41) is 3.59. The van der Waals surface area contributed by atoms with Crippen LogP contribution in [0.5, 0.6) is 0 Å².